The maximum absolute atomic E-state index is 13.8. The third-order valence-electron chi connectivity index (χ3n) is 9.02. The van der Waals surface area contributed by atoms with E-state index in [9.17, 15) is 27.6 Å². The van der Waals surface area contributed by atoms with Gasteiger partial charge in [0.05, 0.1) is 17.2 Å². The lowest BCUT2D eigenvalue weighted by atomic mass is 9.89. The maximum Gasteiger partial charge on any atom is 0.425 e. The highest BCUT2D eigenvalue weighted by Crippen LogP contribution is 2.36. The summed E-state index contributed by atoms with van der Waals surface area (Å²) in [6, 6.07) is 15.5. The normalized spacial score (nSPS) is 13.8. The number of ether oxygens (including phenoxy) is 4. The first-order valence-electron chi connectivity index (χ1n) is 18.2. The van der Waals surface area contributed by atoms with Gasteiger partial charge in [-0.2, -0.15) is 13.2 Å². The molecule has 0 amide bonds. The Balaban J connectivity index is 1.41. The number of esters is 3. The van der Waals surface area contributed by atoms with Crippen LogP contribution in [0.25, 0.3) is 0 Å². The quantitative estimate of drug-likeness (QED) is 0.0737. The van der Waals surface area contributed by atoms with E-state index in [1.807, 2.05) is 13.8 Å². The Bertz CT molecular complexity index is 1580. The average molecular weight is 711 g/mol. The van der Waals surface area contributed by atoms with E-state index in [1.54, 1.807) is 30.3 Å². The number of aryl methyl sites for hydroxylation is 1. The van der Waals surface area contributed by atoms with Crippen LogP contribution in [0.4, 0.5) is 13.2 Å². The van der Waals surface area contributed by atoms with Crippen molar-refractivity contribution in [2.75, 3.05) is 0 Å². The van der Waals surface area contributed by atoms with E-state index >= 15 is 0 Å². The molecule has 3 aromatic rings. The van der Waals surface area contributed by atoms with Gasteiger partial charge in [0.2, 0.25) is 0 Å². The van der Waals surface area contributed by atoms with Gasteiger partial charge in [0.1, 0.15) is 22.8 Å². The fourth-order valence-corrected chi connectivity index (χ4v) is 6.11. The van der Waals surface area contributed by atoms with Crippen molar-refractivity contribution in [3.8, 4) is 17.2 Å². The highest BCUT2D eigenvalue weighted by atomic mass is 19.4. The number of halogens is 3. The number of carbonyl (C=O) groups is 3. The van der Waals surface area contributed by atoms with Crippen LogP contribution >= 0.6 is 0 Å². The molecule has 0 radical (unpaired) electrons. The van der Waals surface area contributed by atoms with E-state index in [2.05, 4.69) is 6.92 Å². The van der Waals surface area contributed by atoms with Crippen LogP contribution in [-0.4, -0.2) is 36.3 Å². The molecule has 3 aromatic carbocycles. The molecule has 1 aliphatic rings. The van der Waals surface area contributed by atoms with E-state index in [0.29, 0.717) is 36.1 Å². The minimum atomic E-state index is -4.73. The zero-order chi connectivity index (χ0) is 36.8. The molecule has 2 atom stereocenters. The molecular formula is C41H49F3O7. The predicted molar refractivity (Wildman–Crippen MR) is 189 cm³/mol. The molecule has 0 aromatic heterocycles. The number of hydrogen-bond donors (Lipinski definition) is 0. The van der Waals surface area contributed by atoms with Crippen LogP contribution in [0.1, 0.15) is 140 Å². The largest absolute Gasteiger partial charge is 0.491 e. The minimum Gasteiger partial charge on any atom is -0.491 e. The SMILES string of the molecule is CCCCCC[C@@H](C)Oc1ccc(C(=O)Oc2ccc(C(=O)Oc3c(C(=O)O[C@H](CCCCCC)C(F)(F)F)ccc4c3CCCC4)cc2)cc1. The lowest BCUT2D eigenvalue weighted by Gasteiger charge is -2.24. The smallest absolute Gasteiger partial charge is 0.425 e. The van der Waals surface area contributed by atoms with Crippen molar-refractivity contribution in [1.29, 1.82) is 0 Å². The van der Waals surface area contributed by atoms with Gasteiger partial charge >= 0.3 is 24.1 Å². The van der Waals surface area contributed by atoms with Crippen LogP contribution in [-0.2, 0) is 17.6 Å². The van der Waals surface area contributed by atoms with Gasteiger partial charge in [-0.05, 0) is 124 Å². The Labute approximate surface area is 298 Å². The van der Waals surface area contributed by atoms with E-state index in [0.717, 1.165) is 44.1 Å². The Morgan fingerprint density at radius 2 is 1.24 bits per heavy atom. The van der Waals surface area contributed by atoms with Crippen LogP contribution in [0.2, 0.25) is 0 Å². The second kappa shape index (κ2) is 19.3. The number of unbranched alkanes of at least 4 members (excludes halogenated alkanes) is 6. The van der Waals surface area contributed by atoms with Crippen LogP contribution in [0.15, 0.2) is 60.7 Å². The van der Waals surface area contributed by atoms with Gasteiger partial charge < -0.3 is 18.9 Å². The lowest BCUT2D eigenvalue weighted by Crippen LogP contribution is -2.34. The van der Waals surface area contributed by atoms with Crippen molar-refractivity contribution in [2.24, 2.45) is 0 Å². The summed E-state index contributed by atoms with van der Waals surface area (Å²) in [6.45, 7) is 6.16. The monoisotopic (exact) mass is 710 g/mol. The predicted octanol–water partition coefficient (Wildman–Crippen LogP) is 10.8. The Morgan fingerprint density at radius 1 is 0.667 bits per heavy atom. The molecule has 0 spiro atoms. The zero-order valence-electron chi connectivity index (χ0n) is 29.8. The highest BCUT2D eigenvalue weighted by Gasteiger charge is 2.43. The van der Waals surface area contributed by atoms with Crippen molar-refractivity contribution in [1.82, 2.24) is 0 Å². The molecule has 0 saturated carbocycles. The standard InChI is InChI=1S/C41H49F3O7/c1-4-6-8-10-14-28(3)48-32-23-18-30(19-24-32)38(45)49-33-25-20-31(21-26-33)39(46)51-37-34-16-13-12-15-29(34)22-27-35(37)40(47)50-36(41(42,43)44)17-11-9-7-5-2/h18-28,36H,4-17H2,1-3H3/t28-,36-/m1/s1. The maximum atomic E-state index is 13.8. The summed E-state index contributed by atoms with van der Waals surface area (Å²) in [5, 5.41) is 0. The summed E-state index contributed by atoms with van der Waals surface area (Å²) in [6.07, 6.45) is 3.70. The Morgan fingerprint density at radius 3 is 1.84 bits per heavy atom. The van der Waals surface area contributed by atoms with Crippen molar-refractivity contribution < 1.29 is 46.5 Å². The molecule has 0 heterocycles. The van der Waals surface area contributed by atoms with E-state index in [4.69, 9.17) is 18.9 Å². The second-order valence-corrected chi connectivity index (χ2v) is 13.2. The molecule has 0 aliphatic heterocycles. The van der Waals surface area contributed by atoms with Gasteiger partial charge in [0, 0.05) is 0 Å². The van der Waals surface area contributed by atoms with E-state index < -0.39 is 30.2 Å². The first-order valence-corrected chi connectivity index (χ1v) is 18.2. The lowest BCUT2D eigenvalue weighted by molar-refractivity contribution is -0.206. The molecule has 0 bridgehead atoms. The van der Waals surface area contributed by atoms with Crippen molar-refractivity contribution in [3.05, 3.63) is 88.5 Å². The van der Waals surface area contributed by atoms with Crippen LogP contribution in [0, 0.1) is 0 Å². The Hall–Kier alpha value is -4.34. The molecule has 10 heteroatoms. The molecule has 0 N–H and O–H groups in total. The van der Waals surface area contributed by atoms with Gasteiger partial charge in [0.15, 0.2) is 6.10 Å². The molecule has 4 rings (SSSR count). The molecule has 51 heavy (non-hydrogen) atoms. The minimum absolute atomic E-state index is 0.0597. The molecular weight excluding hydrogens is 661 g/mol. The van der Waals surface area contributed by atoms with Gasteiger partial charge in [-0.15, -0.1) is 0 Å². The topological polar surface area (TPSA) is 88.1 Å². The molecule has 0 unspecified atom stereocenters. The average Bonchev–Trinajstić information content (AvgIpc) is 3.11. The van der Waals surface area contributed by atoms with Crippen molar-refractivity contribution in [3.63, 3.8) is 0 Å². The molecule has 1 aliphatic carbocycles. The number of carbonyl (C=O) groups excluding carboxylic acids is 3. The summed E-state index contributed by atoms with van der Waals surface area (Å²) in [5.41, 5.74) is 1.67. The number of rotatable bonds is 18. The second-order valence-electron chi connectivity index (χ2n) is 13.2. The fourth-order valence-electron chi connectivity index (χ4n) is 6.11. The number of hydrogen-bond acceptors (Lipinski definition) is 7. The highest BCUT2D eigenvalue weighted by molar-refractivity contribution is 5.97. The molecule has 0 saturated heterocycles. The number of benzene rings is 3. The van der Waals surface area contributed by atoms with Gasteiger partial charge in [-0.1, -0.05) is 58.4 Å². The summed E-state index contributed by atoms with van der Waals surface area (Å²) in [7, 11) is 0. The number of alkyl halides is 3. The van der Waals surface area contributed by atoms with Crippen LogP contribution < -0.4 is 14.2 Å². The van der Waals surface area contributed by atoms with Crippen molar-refractivity contribution in [2.45, 2.75) is 129 Å². The third-order valence-corrected chi connectivity index (χ3v) is 9.02. The molecule has 276 valence electrons. The van der Waals surface area contributed by atoms with Gasteiger partial charge in [-0.3, -0.25) is 0 Å². The Kier molecular flexibility index (Phi) is 14.9. The van der Waals surface area contributed by atoms with Gasteiger partial charge in [0.25, 0.3) is 0 Å². The first kappa shape index (κ1) is 39.4. The summed E-state index contributed by atoms with van der Waals surface area (Å²) >= 11 is 0. The fraction of sp³-hybridized carbons (Fsp3) is 0.488. The summed E-state index contributed by atoms with van der Waals surface area (Å²) < 4.78 is 63.7. The van der Waals surface area contributed by atoms with Crippen LogP contribution in [0.5, 0.6) is 17.2 Å². The molecule has 0 fully saturated rings. The first-order chi connectivity index (χ1) is 24.5. The summed E-state index contributed by atoms with van der Waals surface area (Å²) in [4.78, 5) is 39.4. The zero-order valence-corrected chi connectivity index (χ0v) is 29.8. The van der Waals surface area contributed by atoms with E-state index in [1.165, 1.54) is 49.6 Å². The summed E-state index contributed by atoms with van der Waals surface area (Å²) in [5.74, 6) is -1.83. The van der Waals surface area contributed by atoms with Gasteiger partial charge in [-0.25, -0.2) is 14.4 Å². The third kappa shape index (κ3) is 11.9. The number of fused-ring (bicyclic) bond motifs is 1. The van der Waals surface area contributed by atoms with Crippen molar-refractivity contribution >= 4 is 17.9 Å². The van der Waals surface area contributed by atoms with Crippen LogP contribution in [0.3, 0.4) is 0 Å². The van der Waals surface area contributed by atoms with E-state index in [-0.39, 0.29) is 41.6 Å². The molecule has 7 nitrogen and oxygen atoms in total.